The molecule has 0 saturated carbocycles. The van der Waals surface area contributed by atoms with Crippen molar-refractivity contribution in [3.05, 3.63) is 12.4 Å². The standard InChI is InChI=1S/C5H11N3S/c1-4(6)8-5(7-2)9-3/h1,6H2,2-3H3,(H,7,8). The van der Waals surface area contributed by atoms with Crippen LogP contribution >= 0.6 is 11.8 Å². The van der Waals surface area contributed by atoms with E-state index in [-0.39, 0.29) is 0 Å². The van der Waals surface area contributed by atoms with E-state index in [1.807, 2.05) is 6.26 Å². The van der Waals surface area contributed by atoms with Crippen molar-refractivity contribution < 1.29 is 0 Å². The predicted molar refractivity (Wildman–Crippen MR) is 43.3 cm³/mol. The summed E-state index contributed by atoms with van der Waals surface area (Å²) >= 11 is 1.50. The van der Waals surface area contributed by atoms with Gasteiger partial charge in [0.1, 0.15) is 0 Å². The predicted octanol–water partition coefficient (Wildman–Crippen LogP) is 0.355. The largest absolute Gasteiger partial charge is 0.386 e. The first-order chi connectivity index (χ1) is 4.20. The molecule has 0 atom stereocenters. The highest BCUT2D eigenvalue weighted by atomic mass is 32.2. The monoisotopic (exact) mass is 145 g/mol. The summed E-state index contributed by atoms with van der Waals surface area (Å²) in [5, 5.41) is 3.56. The summed E-state index contributed by atoms with van der Waals surface area (Å²) in [6, 6.07) is 0. The van der Waals surface area contributed by atoms with Gasteiger partial charge in [-0.05, 0) is 6.26 Å². The summed E-state index contributed by atoms with van der Waals surface area (Å²) in [6.45, 7) is 3.46. The highest BCUT2D eigenvalue weighted by molar-refractivity contribution is 8.13. The third kappa shape index (κ3) is 3.90. The molecular formula is C5H11N3S. The minimum Gasteiger partial charge on any atom is -0.386 e. The highest BCUT2D eigenvalue weighted by Gasteiger charge is 1.91. The maximum absolute atomic E-state index is 5.24. The van der Waals surface area contributed by atoms with Crippen molar-refractivity contribution in [2.45, 2.75) is 0 Å². The minimum absolute atomic E-state index is 0.421. The maximum atomic E-state index is 5.24. The van der Waals surface area contributed by atoms with Crippen molar-refractivity contribution in [3.63, 3.8) is 0 Å². The number of aliphatic imine (C=N–C) groups is 1. The van der Waals surface area contributed by atoms with Crippen LogP contribution in [0.3, 0.4) is 0 Å². The van der Waals surface area contributed by atoms with Crippen molar-refractivity contribution >= 4 is 16.9 Å². The lowest BCUT2D eigenvalue weighted by Crippen LogP contribution is -2.23. The highest BCUT2D eigenvalue weighted by Crippen LogP contribution is 1.93. The minimum atomic E-state index is 0.421. The van der Waals surface area contributed by atoms with Gasteiger partial charge in [-0.25, -0.2) is 0 Å². The first kappa shape index (κ1) is 8.36. The Morgan fingerprint density at radius 2 is 2.33 bits per heavy atom. The van der Waals surface area contributed by atoms with Crippen molar-refractivity contribution in [2.24, 2.45) is 10.7 Å². The van der Waals surface area contributed by atoms with Crippen LogP contribution in [0.2, 0.25) is 0 Å². The average Bonchev–Trinajstić information content (AvgIpc) is 1.82. The lowest BCUT2D eigenvalue weighted by Gasteiger charge is -2.03. The van der Waals surface area contributed by atoms with Gasteiger partial charge in [0.2, 0.25) is 0 Å². The van der Waals surface area contributed by atoms with Gasteiger partial charge in [0.15, 0.2) is 5.17 Å². The lowest BCUT2D eigenvalue weighted by molar-refractivity contribution is 1.10. The van der Waals surface area contributed by atoms with Gasteiger partial charge in [0.25, 0.3) is 0 Å². The molecule has 0 saturated heterocycles. The van der Waals surface area contributed by atoms with Crippen LogP contribution < -0.4 is 11.1 Å². The van der Waals surface area contributed by atoms with E-state index in [0.717, 1.165) is 5.17 Å². The molecule has 0 heterocycles. The quantitative estimate of drug-likeness (QED) is 0.413. The van der Waals surface area contributed by atoms with E-state index in [4.69, 9.17) is 5.73 Å². The fraction of sp³-hybridized carbons (Fsp3) is 0.400. The summed E-state index contributed by atoms with van der Waals surface area (Å²) < 4.78 is 0. The summed E-state index contributed by atoms with van der Waals surface area (Å²) in [4.78, 5) is 3.87. The molecule has 52 valence electrons. The van der Waals surface area contributed by atoms with Gasteiger partial charge in [0, 0.05) is 7.05 Å². The number of nitrogens with one attached hydrogen (secondary N) is 1. The van der Waals surface area contributed by atoms with Crippen molar-refractivity contribution in [3.8, 4) is 0 Å². The van der Waals surface area contributed by atoms with E-state index < -0.39 is 0 Å². The smallest absolute Gasteiger partial charge is 0.161 e. The zero-order chi connectivity index (χ0) is 7.28. The Hall–Kier alpha value is -0.640. The molecular weight excluding hydrogens is 134 g/mol. The van der Waals surface area contributed by atoms with Crippen molar-refractivity contribution in [1.82, 2.24) is 5.32 Å². The lowest BCUT2D eigenvalue weighted by atomic mass is 10.8. The Kier molecular flexibility index (Phi) is 3.96. The number of nitrogens with zero attached hydrogens (tertiary/aromatic N) is 1. The van der Waals surface area contributed by atoms with E-state index in [1.54, 1.807) is 7.05 Å². The molecule has 0 spiro atoms. The number of nitrogens with two attached hydrogens (primary N) is 1. The molecule has 0 radical (unpaired) electrons. The Morgan fingerprint density at radius 3 is 2.44 bits per heavy atom. The molecule has 3 N–H and O–H groups in total. The zero-order valence-electron chi connectivity index (χ0n) is 5.64. The van der Waals surface area contributed by atoms with E-state index in [9.17, 15) is 0 Å². The molecule has 0 fully saturated rings. The van der Waals surface area contributed by atoms with Crippen LogP contribution in [-0.4, -0.2) is 18.5 Å². The van der Waals surface area contributed by atoms with Gasteiger partial charge >= 0.3 is 0 Å². The van der Waals surface area contributed by atoms with E-state index >= 15 is 0 Å². The molecule has 0 aliphatic carbocycles. The van der Waals surface area contributed by atoms with E-state index in [2.05, 4.69) is 16.9 Å². The average molecular weight is 145 g/mol. The second kappa shape index (κ2) is 4.26. The molecule has 0 aromatic heterocycles. The zero-order valence-corrected chi connectivity index (χ0v) is 6.46. The van der Waals surface area contributed by atoms with Gasteiger partial charge < -0.3 is 11.1 Å². The SMILES string of the molecule is C=C(N)NC(=NC)SC. The molecule has 0 amide bonds. The molecule has 0 aromatic carbocycles. The molecule has 0 aliphatic rings. The molecule has 9 heavy (non-hydrogen) atoms. The van der Waals surface area contributed by atoms with Gasteiger partial charge in [0.05, 0.1) is 5.82 Å². The topological polar surface area (TPSA) is 50.4 Å². The van der Waals surface area contributed by atoms with Crippen LogP contribution in [0, 0.1) is 0 Å². The van der Waals surface area contributed by atoms with Gasteiger partial charge in [-0.3, -0.25) is 4.99 Å². The van der Waals surface area contributed by atoms with Gasteiger partial charge in [-0.15, -0.1) is 0 Å². The van der Waals surface area contributed by atoms with Crippen LogP contribution in [0.5, 0.6) is 0 Å². The van der Waals surface area contributed by atoms with Crippen LogP contribution in [0.25, 0.3) is 0 Å². The number of hydrogen-bond donors (Lipinski definition) is 2. The normalized spacial score (nSPS) is 11.1. The molecule has 0 aliphatic heterocycles. The fourth-order valence-electron chi connectivity index (χ4n) is 0.336. The maximum Gasteiger partial charge on any atom is 0.161 e. The number of thioether (sulfide) groups is 1. The third-order valence-electron chi connectivity index (χ3n) is 0.664. The summed E-state index contributed by atoms with van der Waals surface area (Å²) in [7, 11) is 1.70. The summed E-state index contributed by atoms with van der Waals surface area (Å²) in [6.07, 6.45) is 1.91. The summed E-state index contributed by atoms with van der Waals surface area (Å²) in [5.74, 6) is 0.421. The van der Waals surface area contributed by atoms with Crippen LogP contribution in [0.15, 0.2) is 17.4 Å². The van der Waals surface area contributed by atoms with Crippen molar-refractivity contribution in [1.29, 1.82) is 0 Å². The number of hydrogen-bond acceptors (Lipinski definition) is 3. The molecule has 4 heteroatoms. The molecule has 0 aromatic rings. The second-order valence-corrected chi connectivity index (χ2v) is 2.18. The molecule has 3 nitrogen and oxygen atoms in total. The Morgan fingerprint density at radius 1 is 1.78 bits per heavy atom. The second-order valence-electron chi connectivity index (χ2n) is 1.38. The first-order valence-electron chi connectivity index (χ1n) is 2.43. The van der Waals surface area contributed by atoms with Gasteiger partial charge in [-0.2, -0.15) is 0 Å². The fourth-order valence-corrected chi connectivity index (χ4v) is 0.751. The van der Waals surface area contributed by atoms with E-state index in [1.165, 1.54) is 11.8 Å². The number of amidine groups is 1. The van der Waals surface area contributed by atoms with Crippen molar-refractivity contribution in [2.75, 3.05) is 13.3 Å². The Balaban J connectivity index is 3.71. The van der Waals surface area contributed by atoms with E-state index in [0.29, 0.717) is 5.82 Å². The Bertz CT molecular complexity index is 130. The summed E-state index contributed by atoms with van der Waals surface area (Å²) in [5.41, 5.74) is 5.24. The van der Waals surface area contributed by atoms with Gasteiger partial charge in [-0.1, -0.05) is 18.3 Å². The molecule has 0 unspecified atom stereocenters. The third-order valence-corrected chi connectivity index (χ3v) is 1.34. The Labute approximate surface area is 59.4 Å². The van der Waals surface area contributed by atoms with Crippen LogP contribution in [0.1, 0.15) is 0 Å². The molecule has 0 bridgehead atoms. The first-order valence-corrected chi connectivity index (χ1v) is 3.65. The number of rotatable bonds is 1. The van der Waals surface area contributed by atoms with Crippen LogP contribution in [0.4, 0.5) is 0 Å². The molecule has 0 rings (SSSR count). The van der Waals surface area contributed by atoms with Crippen LogP contribution in [-0.2, 0) is 0 Å².